The Kier molecular flexibility index (Phi) is 5.85. The van der Waals surface area contributed by atoms with Gasteiger partial charge in [0, 0.05) is 34.4 Å². The molecular weight excluding hydrogens is 432 g/mol. The molecule has 158 valence electrons. The van der Waals surface area contributed by atoms with E-state index in [4.69, 9.17) is 11.6 Å². The van der Waals surface area contributed by atoms with E-state index in [2.05, 4.69) is 5.32 Å². The molecule has 4 rings (SSSR count). The molecule has 0 aliphatic carbocycles. The van der Waals surface area contributed by atoms with Crippen LogP contribution in [0.25, 0.3) is 10.9 Å². The number of benzene rings is 3. The van der Waals surface area contributed by atoms with Crippen LogP contribution in [0.4, 0.5) is 5.69 Å². The monoisotopic (exact) mass is 452 g/mol. The fraction of sp³-hybridized carbons (Fsp3) is 0.125. The van der Waals surface area contributed by atoms with Gasteiger partial charge in [-0.2, -0.15) is 0 Å². The van der Waals surface area contributed by atoms with Crippen molar-refractivity contribution in [3.63, 3.8) is 0 Å². The van der Waals surface area contributed by atoms with Crippen LogP contribution in [0.3, 0.4) is 0 Å². The van der Waals surface area contributed by atoms with Crippen LogP contribution in [-0.2, 0) is 21.2 Å². The zero-order chi connectivity index (χ0) is 22.0. The van der Waals surface area contributed by atoms with Gasteiger partial charge in [0.1, 0.15) is 5.75 Å². The zero-order valence-electron chi connectivity index (χ0n) is 16.9. The first-order valence-corrected chi connectivity index (χ1v) is 11.8. The molecule has 1 N–H and O–H groups in total. The lowest BCUT2D eigenvalue weighted by Gasteiger charge is -2.07. The number of amides is 1. The van der Waals surface area contributed by atoms with Gasteiger partial charge < -0.3 is 9.88 Å². The fourth-order valence-electron chi connectivity index (χ4n) is 3.57. The molecule has 7 heteroatoms. The molecule has 1 amide bonds. The van der Waals surface area contributed by atoms with Gasteiger partial charge in [-0.05, 0) is 42.3 Å². The Labute approximate surface area is 186 Å². The number of hydrogen-bond donors (Lipinski definition) is 1. The maximum absolute atomic E-state index is 13.1. The highest BCUT2D eigenvalue weighted by Crippen LogP contribution is 2.28. The van der Waals surface area contributed by atoms with E-state index >= 15 is 0 Å². The van der Waals surface area contributed by atoms with Gasteiger partial charge in [-0.25, -0.2) is 8.42 Å². The van der Waals surface area contributed by atoms with E-state index in [0.717, 1.165) is 16.6 Å². The number of carbonyl (C=O) groups excluding carboxylic acids is 1. The van der Waals surface area contributed by atoms with E-state index in [9.17, 15) is 13.2 Å². The number of aromatic nitrogens is 1. The van der Waals surface area contributed by atoms with Crippen molar-refractivity contribution in [2.75, 3.05) is 11.1 Å². The van der Waals surface area contributed by atoms with E-state index in [1.165, 1.54) is 0 Å². The fourth-order valence-corrected chi connectivity index (χ4v) is 5.14. The average Bonchev–Trinajstić information content (AvgIpc) is 3.09. The van der Waals surface area contributed by atoms with E-state index in [1.54, 1.807) is 36.5 Å². The van der Waals surface area contributed by atoms with Crippen LogP contribution in [0.1, 0.15) is 11.1 Å². The van der Waals surface area contributed by atoms with Crippen molar-refractivity contribution >= 4 is 43.9 Å². The maximum Gasteiger partial charge on any atom is 0.239 e. The minimum atomic E-state index is -3.86. The van der Waals surface area contributed by atoms with Gasteiger partial charge >= 0.3 is 0 Å². The molecule has 5 nitrogen and oxygen atoms in total. The highest BCUT2D eigenvalue weighted by molar-refractivity contribution is 7.92. The quantitative estimate of drug-likeness (QED) is 0.444. The molecule has 0 aliphatic heterocycles. The van der Waals surface area contributed by atoms with Crippen molar-refractivity contribution < 1.29 is 13.2 Å². The molecule has 0 bridgehead atoms. The number of aryl methyl sites for hydroxylation is 1. The van der Waals surface area contributed by atoms with Gasteiger partial charge in [-0.3, -0.25) is 4.79 Å². The molecule has 0 radical (unpaired) electrons. The summed E-state index contributed by atoms with van der Waals surface area (Å²) < 4.78 is 28.1. The Morgan fingerprint density at radius 1 is 1.00 bits per heavy atom. The lowest BCUT2D eigenvalue weighted by molar-refractivity contribution is -0.113. The molecule has 0 spiro atoms. The van der Waals surface area contributed by atoms with Crippen LogP contribution in [0.2, 0.25) is 5.02 Å². The van der Waals surface area contributed by atoms with E-state index in [0.29, 0.717) is 22.6 Å². The third-order valence-electron chi connectivity index (χ3n) is 5.01. The molecule has 0 saturated carbocycles. The highest BCUT2D eigenvalue weighted by atomic mass is 35.5. The normalized spacial score (nSPS) is 11.5. The summed E-state index contributed by atoms with van der Waals surface area (Å²) in [5, 5.41) is 3.86. The number of halogens is 1. The third kappa shape index (κ3) is 4.65. The van der Waals surface area contributed by atoms with E-state index in [-0.39, 0.29) is 4.90 Å². The summed E-state index contributed by atoms with van der Waals surface area (Å²) in [6.45, 7) is 2.32. The number of carbonyl (C=O) groups is 1. The van der Waals surface area contributed by atoms with Crippen LogP contribution >= 0.6 is 11.6 Å². The topological polar surface area (TPSA) is 68.2 Å². The molecule has 0 saturated heterocycles. The molecule has 1 aromatic heterocycles. The van der Waals surface area contributed by atoms with Gasteiger partial charge in [-0.15, -0.1) is 0 Å². The maximum atomic E-state index is 13.1. The summed E-state index contributed by atoms with van der Waals surface area (Å²) in [7, 11) is -3.86. The summed E-state index contributed by atoms with van der Waals surface area (Å²) in [6, 6.07) is 21.9. The Hall–Kier alpha value is -3.09. The van der Waals surface area contributed by atoms with Crippen molar-refractivity contribution in [3.05, 3.63) is 95.1 Å². The van der Waals surface area contributed by atoms with Crippen LogP contribution in [0.15, 0.2) is 83.9 Å². The van der Waals surface area contributed by atoms with Crippen molar-refractivity contribution in [1.29, 1.82) is 0 Å². The largest absolute Gasteiger partial charge is 0.342 e. The standard InChI is InChI=1S/C24H21ClN2O3S/c1-17-7-6-9-19(13-17)26-24(28)16-31(29,30)23-15-27(22-12-5-3-10-20(22)23)14-18-8-2-4-11-21(18)25/h2-13,15H,14,16H2,1H3,(H,26,28). The Morgan fingerprint density at radius 2 is 1.74 bits per heavy atom. The van der Waals surface area contributed by atoms with Crippen molar-refractivity contribution in [2.24, 2.45) is 0 Å². The van der Waals surface area contributed by atoms with Gasteiger partial charge in [-0.1, -0.05) is 60.1 Å². The van der Waals surface area contributed by atoms with E-state index < -0.39 is 21.5 Å². The summed E-state index contributed by atoms with van der Waals surface area (Å²) in [5.74, 6) is -1.21. The minimum absolute atomic E-state index is 0.134. The molecule has 3 aromatic carbocycles. The first kappa shape index (κ1) is 21.2. The number of sulfone groups is 1. The third-order valence-corrected chi connectivity index (χ3v) is 7.01. The number of para-hydroxylation sites is 1. The molecular formula is C24H21ClN2O3S. The van der Waals surface area contributed by atoms with Crippen LogP contribution in [0.5, 0.6) is 0 Å². The Balaban J connectivity index is 1.65. The summed E-state index contributed by atoms with van der Waals surface area (Å²) >= 11 is 6.29. The number of rotatable bonds is 6. The predicted molar refractivity (Wildman–Crippen MR) is 124 cm³/mol. The summed E-state index contributed by atoms with van der Waals surface area (Å²) in [6.07, 6.45) is 1.59. The van der Waals surface area contributed by atoms with Gasteiger partial charge in [0.05, 0.1) is 4.90 Å². The lowest BCUT2D eigenvalue weighted by atomic mass is 10.2. The molecule has 31 heavy (non-hydrogen) atoms. The second-order valence-electron chi connectivity index (χ2n) is 7.41. The second-order valence-corrected chi connectivity index (χ2v) is 9.77. The lowest BCUT2D eigenvalue weighted by Crippen LogP contribution is -2.23. The summed E-state index contributed by atoms with van der Waals surface area (Å²) in [5.41, 5.74) is 3.19. The van der Waals surface area contributed by atoms with Gasteiger partial charge in [0.2, 0.25) is 5.91 Å². The van der Waals surface area contributed by atoms with Crippen LogP contribution in [-0.4, -0.2) is 24.6 Å². The molecule has 1 heterocycles. The number of nitrogens with zero attached hydrogens (tertiary/aromatic N) is 1. The summed E-state index contributed by atoms with van der Waals surface area (Å²) in [4.78, 5) is 12.6. The number of anilines is 1. The smallest absolute Gasteiger partial charge is 0.239 e. The molecule has 0 fully saturated rings. The number of fused-ring (bicyclic) bond motifs is 1. The van der Waals surface area contributed by atoms with Crippen LogP contribution in [0, 0.1) is 6.92 Å². The highest BCUT2D eigenvalue weighted by Gasteiger charge is 2.24. The number of hydrogen-bond acceptors (Lipinski definition) is 3. The molecule has 0 atom stereocenters. The Bertz CT molecular complexity index is 1380. The number of nitrogens with one attached hydrogen (secondary N) is 1. The SMILES string of the molecule is Cc1cccc(NC(=O)CS(=O)(=O)c2cn(Cc3ccccc3Cl)c3ccccc23)c1. The first-order chi connectivity index (χ1) is 14.8. The molecule has 0 unspecified atom stereocenters. The predicted octanol–water partition coefficient (Wildman–Crippen LogP) is 5.06. The van der Waals surface area contributed by atoms with Gasteiger partial charge in [0.25, 0.3) is 0 Å². The van der Waals surface area contributed by atoms with Crippen molar-refractivity contribution in [2.45, 2.75) is 18.4 Å². The first-order valence-electron chi connectivity index (χ1n) is 9.74. The van der Waals surface area contributed by atoms with Crippen molar-refractivity contribution in [1.82, 2.24) is 4.57 Å². The molecule has 0 aliphatic rings. The molecule has 4 aromatic rings. The van der Waals surface area contributed by atoms with E-state index in [1.807, 2.05) is 54.0 Å². The van der Waals surface area contributed by atoms with Crippen LogP contribution < -0.4 is 5.32 Å². The zero-order valence-corrected chi connectivity index (χ0v) is 18.5. The van der Waals surface area contributed by atoms with Gasteiger partial charge in [0.15, 0.2) is 9.84 Å². The second kappa shape index (κ2) is 8.57. The average molecular weight is 453 g/mol. The van der Waals surface area contributed by atoms with Crippen molar-refractivity contribution in [3.8, 4) is 0 Å². The Morgan fingerprint density at radius 3 is 2.52 bits per heavy atom. The minimum Gasteiger partial charge on any atom is -0.342 e.